The van der Waals surface area contributed by atoms with E-state index < -0.39 is 0 Å². The number of carbonyl (C=O) groups excluding carboxylic acids is 1. The first-order valence-electron chi connectivity index (χ1n) is 10.6. The molecule has 0 aliphatic carbocycles. The van der Waals surface area contributed by atoms with Gasteiger partial charge in [-0.2, -0.15) is 0 Å². The third kappa shape index (κ3) is 6.76. The fourth-order valence-electron chi connectivity index (χ4n) is 3.06. The molecule has 0 bridgehead atoms. The van der Waals surface area contributed by atoms with E-state index in [0.717, 1.165) is 17.1 Å². The lowest BCUT2D eigenvalue weighted by molar-refractivity contribution is -0.118. The van der Waals surface area contributed by atoms with Crippen LogP contribution < -0.4 is 19.5 Å². The number of nitrogens with zero attached hydrogens (tertiary/aromatic N) is 3. The average molecular weight is 469 g/mol. The van der Waals surface area contributed by atoms with Crippen molar-refractivity contribution in [2.45, 2.75) is 18.6 Å². The van der Waals surface area contributed by atoms with Crippen LogP contribution in [0.5, 0.6) is 17.2 Å². The van der Waals surface area contributed by atoms with Gasteiger partial charge in [0.2, 0.25) is 5.91 Å². The first-order chi connectivity index (χ1) is 16.2. The summed E-state index contributed by atoms with van der Waals surface area (Å²) in [7, 11) is 1.62. The van der Waals surface area contributed by atoms with E-state index >= 15 is 0 Å². The zero-order valence-electron chi connectivity index (χ0n) is 18.8. The monoisotopic (exact) mass is 468 g/mol. The Morgan fingerprint density at radius 1 is 1.12 bits per heavy atom. The normalized spacial score (nSPS) is 10.5. The van der Waals surface area contributed by atoms with Gasteiger partial charge in [-0.05, 0) is 43.3 Å². The summed E-state index contributed by atoms with van der Waals surface area (Å²) < 4.78 is 18.4. The molecule has 0 spiro atoms. The molecule has 9 heteroatoms. The van der Waals surface area contributed by atoms with E-state index in [1.165, 1.54) is 11.8 Å². The second kappa shape index (κ2) is 12.5. The fourth-order valence-corrected chi connectivity index (χ4v) is 3.83. The van der Waals surface area contributed by atoms with Crippen molar-refractivity contribution in [3.8, 4) is 28.6 Å². The first-order valence-corrected chi connectivity index (χ1v) is 11.6. The zero-order valence-corrected chi connectivity index (χ0v) is 19.6. The molecule has 0 aliphatic heterocycles. The number of hydrogen-bond donors (Lipinski definition) is 1. The Bertz CT molecular complexity index is 1050. The lowest BCUT2D eigenvalue weighted by Gasteiger charge is -2.11. The molecular weight excluding hydrogens is 440 g/mol. The molecule has 1 aromatic heterocycles. The number of rotatable bonds is 13. The van der Waals surface area contributed by atoms with Crippen molar-refractivity contribution >= 4 is 17.7 Å². The molecule has 2 aromatic carbocycles. The van der Waals surface area contributed by atoms with Gasteiger partial charge in [0.05, 0.1) is 31.6 Å². The van der Waals surface area contributed by atoms with Crippen molar-refractivity contribution in [3.05, 3.63) is 61.2 Å². The van der Waals surface area contributed by atoms with Gasteiger partial charge in [0, 0.05) is 6.54 Å². The van der Waals surface area contributed by atoms with E-state index in [4.69, 9.17) is 14.2 Å². The summed E-state index contributed by atoms with van der Waals surface area (Å²) in [6, 6.07) is 15.0. The molecule has 0 unspecified atom stereocenters. The minimum Gasteiger partial charge on any atom is -0.496 e. The maximum atomic E-state index is 12.3. The summed E-state index contributed by atoms with van der Waals surface area (Å²) in [5.74, 6) is 3.00. The number of amides is 1. The van der Waals surface area contributed by atoms with Gasteiger partial charge in [-0.3, -0.25) is 9.36 Å². The number of thioether (sulfide) groups is 1. The second-order valence-corrected chi connectivity index (χ2v) is 7.74. The van der Waals surface area contributed by atoms with Crippen molar-refractivity contribution in [2.75, 3.05) is 32.6 Å². The number of benzene rings is 2. The minimum absolute atomic E-state index is 0.109. The molecule has 0 saturated heterocycles. The van der Waals surface area contributed by atoms with E-state index in [1.54, 1.807) is 13.2 Å². The van der Waals surface area contributed by atoms with Crippen molar-refractivity contribution < 1.29 is 19.0 Å². The summed E-state index contributed by atoms with van der Waals surface area (Å²) in [6.45, 7) is 7.67. The highest BCUT2D eigenvalue weighted by Gasteiger charge is 2.17. The highest BCUT2D eigenvalue weighted by Crippen LogP contribution is 2.30. The van der Waals surface area contributed by atoms with Crippen molar-refractivity contribution in [1.82, 2.24) is 20.1 Å². The van der Waals surface area contributed by atoms with Gasteiger partial charge < -0.3 is 19.5 Å². The van der Waals surface area contributed by atoms with Gasteiger partial charge in [0.15, 0.2) is 11.0 Å². The number of aromatic nitrogens is 3. The van der Waals surface area contributed by atoms with Crippen LogP contribution >= 0.6 is 11.8 Å². The maximum absolute atomic E-state index is 12.3. The number of allylic oxidation sites excluding steroid dienone is 1. The van der Waals surface area contributed by atoms with Gasteiger partial charge in [-0.15, -0.1) is 16.8 Å². The predicted molar refractivity (Wildman–Crippen MR) is 129 cm³/mol. The Morgan fingerprint density at radius 2 is 1.85 bits per heavy atom. The molecule has 8 nitrogen and oxygen atoms in total. The largest absolute Gasteiger partial charge is 0.496 e. The molecule has 0 aliphatic rings. The van der Waals surface area contributed by atoms with Crippen LogP contribution in [0.25, 0.3) is 11.4 Å². The minimum atomic E-state index is -0.109. The number of hydrogen-bond acceptors (Lipinski definition) is 7. The molecule has 0 radical (unpaired) electrons. The van der Waals surface area contributed by atoms with Crippen molar-refractivity contribution in [1.29, 1.82) is 0 Å². The molecule has 0 fully saturated rings. The highest BCUT2D eigenvalue weighted by molar-refractivity contribution is 7.99. The maximum Gasteiger partial charge on any atom is 0.230 e. The number of para-hydroxylation sites is 1. The number of ether oxygens (including phenoxy) is 3. The Hall–Kier alpha value is -3.46. The molecule has 1 N–H and O–H groups in total. The number of nitrogens with one attached hydrogen (secondary N) is 1. The summed E-state index contributed by atoms with van der Waals surface area (Å²) in [4.78, 5) is 12.3. The predicted octanol–water partition coefficient (Wildman–Crippen LogP) is 3.83. The summed E-state index contributed by atoms with van der Waals surface area (Å²) >= 11 is 1.32. The summed E-state index contributed by atoms with van der Waals surface area (Å²) in [6.07, 6.45) is 1.77. The Kier molecular flexibility index (Phi) is 9.19. The van der Waals surface area contributed by atoms with Crippen LogP contribution in [0.3, 0.4) is 0 Å². The van der Waals surface area contributed by atoms with Gasteiger partial charge in [-0.1, -0.05) is 30.0 Å². The van der Waals surface area contributed by atoms with Crippen LogP contribution in [0.4, 0.5) is 0 Å². The lowest BCUT2D eigenvalue weighted by atomic mass is 10.2. The molecule has 3 rings (SSSR count). The van der Waals surface area contributed by atoms with Gasteiger partial charge in [0.1, 0.15) is 23.9 Å². The smallest absolute Gasteiger partial charge is 0.230 e. The van der Waals surface area contributed by atoms with Gasteiger partial charge in [0.25, 0.3) is 0 Å². The average Bonchev–Trinajstić information content (AvgIpc) is 3.24. The Morgan fingerprint density at radius 3 is 2.55 bits per heavy atom. The van der Waals surface area contributed by atoms with E-state index in [0.29, 0.717) is 43.0 Å². The van der Waals surface area contributed by atoms with E-state index in [1.807, 2.05) is 60.0 Å². The van der Waals surface area contributed by atoms with Crippen LogP contribution in [-0.4, -0.2) is 53.3 Å². The van der Waals surface area contributed by atoms with Crippen LogP contribution in [0.1, 0.15) is 6.92 Å². The molecule has 0 atom stereocenters. The Balaban J connectivity index is 1.50. The fraction of sp³-hybridized carbons (Fsp3) is 0.292. The van der Waals surface area contributed by atoms with Crippen LogP contribution in [0.15, 0.2) is 66.3 Å². The van der Waals surface area contributed by atoms with Crippen molar-refractivity contribution in [2.24, 2.45) is 0 Å². The quantitative estimate of drug-likeness (QED) is 0.232. The SMILES string of the molecule is C=CCn1c(SCC(=O)NCCOc2ccc(OCC)cc2)nnc1-c1ccccc1OC. The lowest BCUT2D eigenvalue weighted by Crippen LogP contribution is -2.29. The molecule has 174 valence electrons. The van der Waals surface area contributed by atoms with Gasteiger partial charge >= 0.3 is 0 Å². The summed E-state index contributed by atoms with van der Waals surface area (Å²) in [5, 5.41) is 12.1. The molecular formula is C24H28N4O4S. The van der Waals surface area contributed by atoms with Gasteiger partial charge in [-0.25, -0.2) is 0 Å². The number of methoxy groups -OCH3 is 1. The third-order valence-corrected chi connectivity index (χ3v) is 5.50. The Labute approximate surface area is 198 Å². The molecule has 3 aromatic rings. The molecule has 0 saturated carbocycles. The van der Waals surface area contributed by atoms with E-state index in [9.17, 15) is 4.79 Å². The molecule has 1 heterocycles. The third-order valence-electron chi connectivity index (χ3n) is 4.54. The van der Waals surface area contributed by atoms with E-state index in [-0.39, 0.29) is 11.7 Å². The van der Waals surface area contributed by atoms with E-state index in [2.05, 4.69) is 22.1 Å². The second-order valence-electron chi connectivity index (χ2n) is 6.80. The standard InChI is InChI=1S/C24H28N4O4S/c1-4-15-28-23(20-8-6-7-9-21(20)30-3)26-27-24(28)33-17-22(29)25-14-16-32-19-12-10-18(11-13-19)31-5-2/h4,6-13H,1,5,14-17H2,2-3H3,(H,25,29). The van der Waals surface area contributed by atoms with Crippen molar-refractivity contribution in [3.63, 3.8) is 0 Å². The van der Waals surface area contributed by atoms with Crippen LogP contribution in [0.2, 0.25) is 0 Å². The molecule has 1 amide bonds. The van der Waals surface area contributed by atoms with Crippen LogP contribution in [-0.2, 0) is 11.3 Å². The van der Waals surface area contributed by atoms with Crippen LogP contribution in [0, 0.1) is 0 Å². The molecule has 33 heavy (non-hydrogen) atoms. The topological polar surface area (TPSA) is 87.5 Å². The number of carbonyl (C=O) groups is 1. The summed E-state index contributed by atoms with van der Waals surface area (Å²) in [5.41, 5.74) is 0.831. The zero-order chi connectivity index (χ0) is 23.5. The highest BCUT2D eigenvalue weighted by atomic mass is 32.2. The first kappa shape index (κ1) is 24.2.